The number of carbonyl (C=O) groups is 1. The number of aryl methyl sites for hydroxylation is 2. The van der Waals surface area contributed by atoms with Crippen molar-refractivity contribution in [2.75, 3.05) is 0 Å². The quantitative estimate of drug-likeness (QED) is 0.917. The zero-order valence-electron chi connectivity index (χ0n) is 13.2. The van der Waals surface area contributed by atoms with Crippen LogP contribution in [0, 0.1) is 19.8 Å². The van der Waals surface area contributed by atoms with E-state index in [4.69, 9.17) is 0 Å². The average molecular weight is 294 g/mol. The number of aromatic nitrogens is 1. The highest BCUT2D eigenvalue weighted by Gasteiger charge is 2.34. The van der Waals surface area contributed by atoms with E-state index >= 15 is 0 Å². The maximum Gasteiger partial charge on any atom is 0.224 e. The molecule has 114 valence electrons. The van der Waals surface area contributed by atoms with Crippen LogP contribution >= 0.6 is 0 Å². The molecule has 1 amide bonds. The van der Waals surface area contributed by atoms with Crippen molar-refractivity contribution in [2.45, 2.75) is 39.2 Å². The minimum Gasteiger partial charge on any atom is -0.347 e. The first-order chi connectivity index (χ1) is 10.6. The van der Waals surface area contributed by atoms with Crippen molar-refractivity contribution in [3.8, 4) is 0 Å². The summed E-state index contributed by atoms with van der Waals surface area (Å²) in [5, 5.41) is 3.20. The molecule has 0 unspecified atom stereocenters. The summed E-state index contributed by atoms with van der Waals surface area (Å²) in [6.45, 7) is 4.03. The molecule has 0 radical (unpaired) electrons. The molecule has 2 aromatic rings. The van der Waals surface area contributed by atoms with Crippen molar-refractivity contribution >= 4 is 5.91 Å². The summed E-state index contributed by atoms with van der Waals surface area (Å²) in [4.78, 5) is 17.0. The fourth-order valence-corrected chi connectivity index (χ4v) is 2.81. The van der Waals surface area contributed by atoms with Gasteiger partial charge in [0.15, 0.2) is 0 Å². The van der Waals surface area contributed by atoms with Gasteiger partial charge in [-0.05, 0) is 55.9 Å². The van der Waals surface area contributed by atoms with E-state index in [1.54, 1.807) is 0 Å². The topological polar surface area (TPSA) is 42.0 Å². The molecule has 1 aliphatic carbocycles. The fourth-order valence-electron chi connectivity index (χ4n) is 2.81. The number of benzene rings is 1. The van der Waals surface area contributed by atoms with Gasteiger partial charge < -0.3 is 5.32 Å². The molecule has 1 N–H and O–H groups in total. The number of amides is 1. The lowest BCUT2D eigenvalue weighted by Gasteiger charge is -2.18. The van der Waals surface area contributed by atoms with Gasteiger partial charge in [-0.3, -0.25) is 9.78 Å². The molecule has 1 saturated carbocycles. The van der Waals surface area contributed by atoms with Gasteiger partial charge in [-0.25, -0.2) is 0 Å². The number of hydrogen-bond donors (Lipinski definition) is 1. The van der Waals surface area contributed by atoms with Gasteiger partial charge >= 0.3 is 0 Å². The van der Waals surface area contributed by atoms with Crippen LogP contribution in [0.5, 0.6) is 0 Å². The molecule has 3 nitrogen and oxygen atoms in total. The van der Waals surface area contributed by atoms with Crippen LogP contribution in [0.3, 0.4) is 0 Å². The van der Waals surface area contributed by atoms with Crippen LogP contribution in [-0.4, -0.2) is 10.9 Å². The van der Waals surface area contributed by atoms with Gasteiger partial charge in [0.1, 0.15) is 0 Å². The van der Waals surface area contributed by atoms with Gasteiger partial charge in [0.25, 0.3) is 0 Å². The Bertz CT molecular complexity index is 677. The van der Waals surface area contributed by atoms with E-state index in [1.807, 2.05) is 56.3 Å². The van der Waals surface area contributed by atoms with E-state index in [2.05, 4.69) is 10.3 Å². The smallest absolute Gasteiger partial charge is 0.224 e. The Morgan fingerprint density at radius 2 is 1.95 bits per heavy atom. The van der Waals surface area contributed by atoms with Gasteiger partial charge in [-0.1, -0.05) is 30.3 Å². The van der Waals surface area contributed by atoms with Crippen molar-refractivity contribution in [3.05, 3.63) is 65.0 Å². The Balaban J connectivity index is 1.72. The Morgan fingerprint density at radius 3 is 2.64 bits per heavy atom. The molecule has 0 aliphatic heterocycles. The molecule has 1 fully saturated rings. The van der Waals surface area contributed by atoms with Crippen LogP contribution in [0.25, 0.3) is 0 Å². The molecule has 3 heteroatoms. The van der Waals surface area contributed by atoms with Crippen LogP contribution in [0.15, 0.2) is 42.5 Å². The van der Waals surface area contributed by atoms with Crippen LogP contribution < -0.4 is 5.32 Å². The summed E-state index contributed by atoms with van der Waals surface area (Å²) in [6, 6.07) is 14.1. The third-order valence-electron chi connectivity index (χ3n) is 4.25. The van der Waals surface area contributed by atoms with Crippen LogP contribution in [-0.2, 0) is 11.2 Å². The standard InChI is InChI=1S/C19H22N2O/c1-13-6-3-4-8-16(13)12-18(22)21-19(15-10-11-15)17-9-5-7-14(2)20-17/h3-9,15,19H,10-12H2,1-2H3,(H,21,22)/t19-/m1/s1. The lowest BCUT2D eigenvalue weighted by Crippen LogP contribution is -2.31. The van der Waals surface area contributed by atoms with Gasteiger partial charge in [-0.2, -0.15) is 0 Å². The summed E-state index contributed by atoms with van der Waals surface area (Å²) >= 11 is 0. The molecule has 1 aliphatic rings. The zero-order chi connectivity index (χ0) is 15.5. The van der Waals surface area contributed by atoms with Gasteiger partial charge in [0, 0.05) is 5.69 Å². The molecule has 0 bridgehead atoms. The number of nitrogens with zero attached hydrogens (tertiary/aromatic N) is 1. The zero-order valence-corrected chi connectivity index (χ0v) is 13.2. The number of pyridine rings is 1. The lowest BCUT2D eigenvalue weighted by molar-refractivity contribution is -0.121. The van der Waals surface area contributed by atoms with E-state index in [1.165, 1.54) is 12.8 Å². The predicted molar refractivity (Wildman–Crippen MR) is 87.5 cm³/mol. The average Bonchev–Trinajstić information content (AvgIpc) is 3.32. The first kappa shape index (κ1) is 14.8. The summed E-state index contributed by atoms with van der Waals surface area (Å²) < 4.78 is 0. The minimum absolute atomic E-state index is 0.0522. The first-order valence-corrected chi connectivity index (χ1v) is 7.91. The molecule has 1 aromatic carbocycles. The molecule has 1 atom stereocenters. The first-order valence-electron chi connectivity index (χ1n) is 7.91. The SMILES string of the molecule is Cc1cccc([C@H](NC(=O)Cc2ccccc2C)C2CC2)n1. The maximum absolute atomic E-state index is 12.4. The Hall–Kier alpha value is -2.16. The second kappa shape index (κ2) is 6.30. The summed E-state index contributed by atoms with van der Waals surface area (Å²) in [6.07, 6.45) is 2.78. The second-order valence-corrected chi connectivity index (χ2v) is 6.19. The van der Waals surface area contributed by atoms with Crippen LogP contribution in [0.2, 0.25) is 0 Å². The highest BCUT2D eigenvalue weighted by molar-refractivity contribution is 5.79. The maximum atomic E-state index is 12.4. The number of hydrogen-bond acceptors (Lipinski definition) is 2. The molecular formula is C19H22N2O. The Labute approximate surface area is 131 Å². The van der Waals surface area contributed by atoms with Gasteiger partial charge in [0.05, 0.1) is 18.2 Å². The second-order valence-electron chi connectivity index (χ2n) is 6.19. The third-order valence-corrected chi connectivity index (χ3v) is 4.25. The number of nitrogens with one attached hydrogen (secondary N) is 1. The van der Waals surface area contributed by atoms with E-state index in [0.717, 1.165) is 22.5 Å². The molecule has 22 heavy (non-hydrogen) atoms. The number of rotatable bonds is 5. The lowest BCUT2D eigenvalue weighted by atomic mass is 10.0. The van der Waals surface area contributed by atoms with Crippen molar-refractivity contribution in [3.63, 3.8) is 0 Å². The van der Waals surface area contributed by atoms with Crippen LogP contribution in [0.1, 0.15) is 41.4 Å². The van der Waals surface area contributed by atoms with E-state index in [0.29, 0.717) is 12.3 Å². The van der Waals surface area contributed by atoms with E-state index in [-0.39, 0.29) is 11.9 Å². The molecule has 0 spiro atoms. The van der Waals surface area contributed by atoms with Gasteiger partial charge in [0.2, 0.25) is 5.91 Å². The number of carbonyl (C=O) groups excluding carboxylic acids is 1. The Kier molecular flexibility index (Phi) is 4.23. The summed E-state index contributed by atoms with van der Waals surface area (Å²) in [5.74, 6) is 0.615. The highest BCUT2D eigenvalue weighted by atomic mass is 16.1. The van der Waals surface area contributed by atoms with Gasteiger partial charge in [-0.15, -0.1) is 0 Å². The molecule has 1 heterocycles. The molecular weight excluding hydrogens is 272 g/mol. The monoisotopic (exact) mass is 294 g/mol. The van der Waals surface area contributed by atoms with Crippen LogP contribution in [0.4, 0.5) is 0 Å². The Morgan fingerprint density at radius 1 is 1.18 bits per heavy atom. The highest BCUT2D eigenvalue weighted by Crippen LogP contribution is 2.40. The molecule has 1 aromatic heterocycles. The fraction of sp³-hybridized carbons (Fsp3) is 0.368. The van der Waals surface area contributed by atoms with Crippen molar-refractivity contribution in [1.29, 1.82) is 0 Å². The minimum atomic E-state index is 0.0522. The third kappa shape index (κ3) is 3.53. The van der Waals surface area contributed by atoms with E-state index in [9.17, 15) is 4.79 Å². The van der Waals surface area contributed by atoms with Crippen molar-refractivity contribution in [1.82, 2.24) is 10.3 Å². The van der Waals surface area contributed by atoms with Crippen molar-refractivity contribution < 1.29 is 4.79 Å². The summed E-state index contributed by atoms with van der Waals surface area (Å²) in [7, 11) is 0. The van der Waals surface area contributed by atoms with Crippen molar-refractivity contribution in [2.24, 2.45) is 5.92 Å². The summed E-state index contributed by atoms with van der Waals surface area (Å²) in [5.41, 5.74) is 4.23. The largest absolute Gasteiger partial charge is 0.347 e. The molecule has 0 saturated heterocycles. The van der Waals surface area contributed by atoms with E-state index < -0.39 is 0 Å². The normalized spacial score (nSPS) is 15.4. The molecule has 3 rings (SSSR count). The predicted octanol–water partition coefficient (Wildman–Crippen LogP) is 3.51.